The molecular formula is C38H28N6. The molecule has 44 heavy (non-hydrogen) atoms. The maximum Gasteiger partial charge on any atom is 0.157 e. The second kappa shape index (κ2) is 10.7. The van der Waals surface area contributed by atoms with Crippen LogP contribution in [0.25, 0.3) is 22.1 Å². The molecule has 0 bridgehead atoms. The quantitative estimate of drug-likeness (QED) is 0.185. The minimum absolute atomic E-state index is 0.203. The van der Waals surface area contributed by atoms with Crippen molar-refractivity contribution in [1.29, 1.82) is 0 Å². The first-order chi connectivity index (χ1) is 21.8. The van der Waals surface area contributed by atoms with Gasteiger partial charge >= 0.3 is 0 Å². The van der Waals surface area contributed by atoms with Crippen molar-refractivity contribution in [3.05, 3.63) is 192 Å². The van der Waals surface area contributed by atoms with E-state index in [1.165, 1.54) is 0 Å². The molecule has 8 rings (SSSR count). The standard InChI is InChI=1S/C38H28N6/c1-4-14-28(15-5-1)37(43-39-33-20-10-11-21-34(33)40-43)29-24-26-32(27-25-29)38(30-16-6-2-7-17-30,31-18-8-3-9-19-31)44-41-35-22-12-13-23-36(35)42-44/h1-27,37H. The largest absolute Gasteiger partial charge is 0.172 e. The molecule has 2 heterocycles. The van der Waals surface area contributed by atoms with Crippen LogP contribution in [-0.2, 0) is 5.54 Å². The van der Waals surface area contributed by atoms with E-state index in [2.05, 4.69) is 97.1 Å². The number of aromatic nitrogens is 6. The van der Waals surface area contributed by atoms with Crippen molar-refractivity contribution < 1.29 is 0 Å². The first-order valence-corrected chi connectivity index (χ1v) is 14.7. The number of nitrogens with zero attached hydrogens (tertiary/aromatic N) is 6. The number of rotatable bonds is 7. The highest BCUT2D eigenvalue weighted by Crippen LogP contribution is 2.41. The van der Waals surface area contributed by atoms with Gasteiger partial charge in [0.25, 0.3) is 0 Å². The molecular weight excluding hydrogens is 540 g/mol. The third kappa shape index (κ3) is 4.27. The third-order valence-electron chi connectivity index (χ3n) is 8.26. The fourth-order valence-electron chi connectivity index (χ4n) is 6.21. The van der Waals surface area contributed by atoms with Gasteiger partial charge in [0.15, 0.2) is 5.54 Å². The van der Waals surface area contributed by atoms with Crippen LogP contribution in [0.5, 0.6) is 0 Å². The molecule has 0 amide bonds. The van der Waals surface area contributed by atoms with Crippen LogP contribution >= 0.6 is 0 Å². The van der Waals surface area contributed by atoms with Gasteiger partial charge < -0.3 is 0 Å². The van der Waals surface area contributed by atoms with E-state index in [9.17, 15) is 0 Å². The predicted octanol–water partition coefficient (Wildman–Crippen LogP) is 7.65. The van der Waals surface area contributed by atoms with E-state index in [1.54, 1.807) is 0 Å². The Bertz CT molecular complexity index is 2060. The molecule has 0 spiro atoms. The lowest BCUT2D eigenvalue weighted by molar-refractivity contribution is 0.409. The molecule has 0 aliphatic heterocycles. The van der Waals surface area contributed by atoms with Crippen molar-refractivity contribution in [1.82, 2.24) is 30.0 Å². The van der Waals surface area contributed by atoms with Gasteiger partial charge in [-0.25, -0.2) is 0 Å². The molecule has 0 radical (unpaired) electrons. The second-order valence-electron chi connectivity index (χ2n) is 10.9. The van der Waals surface area contributed by atoms with Crippen LogP contribution in [0.4, 0.5) is 0 Å². The molecule has 0 saturated carbocycles. The first kappa shape index (κ1) is 25.8. The summed E-state index contributed by atoms with van der Waals surface area (Å²) in [6.45, 7) is 0. The highest BCUT2D eigenvalue weighted by molar-refractivity contribution is 5.74. The monoisotopic (exact) mass is 568 g/mol. The average molecular weight is 569 g/mol. The van der Waals surface area contributed by atoms with Crippen LogP contribution in [0.3, 0.4) is 0 Å². The maximum atomic E-state index is 5.07. The average Bonchev–Trinajstić information content (AvgIpc) is 3.72. The smallest absolute Gasteiger partial charge is 0.157 e. The Kier molecular flexibility index (Phi) is 6.30. The van der Waals surface area contributed by atoms with Crippen LogP contribution in [-0.4, -0.2) is 30.0 Å². The summed E-state index contributed by atoms with van der Waals surface area (Å²) in [5, 5.41) is 19.9. The molecule has 2 aromatic heterocycles. The lowest BCUT2D eigenvalue weighted by atomic mass is 9.77. The SMILES string of the molecule is c1ccc(C(c2ccc(C(c3ccccc3)(c3ccccc3)n3nc4ccccc4n3)cc2)n2nc3ccccc3n2)cc1. The molecule has 6 aromatic carbocycles. The lowest BCUT2D eigenvalue weighted by Crippen LogP contribution is -2.39. The van der Waals surface area contributed by atoms with E-state index < -0.39 is 5.54 Å². The van der Waals surface area contributed by atoms with Crippen molar-refractivity contribution in [2.24, 2.45) is 0 Å². The molecule has 0 fully saturated rings. The van der Waals surface area contributed by atoms with Crippen LogP contribution in [0, 0.1) is 0 Å². The Hall–Kier alpha value is -5.88. The zero-order chi connectivity index (χ0) is 29.3. The van der Waals surface area contributed by atoms with Gasteiger partial charge in [0.2, 0.25) is 0 Å². The summed E-state index contributed by atoms with van der Waals surface area (Å²) in [4.78, 5) is 3.71. The number of hydrogen-bond acceptors (Lipinski definition) is 4. The Morgan fingerprint density at radius 3 is 1.20 bits per heavy atom. The fraction of sp³-hybridized carbons (Fsp3) is 0.0526. The van der Waals surface area contributed by atoms with Gasteiger partial charge in [0, 0.05) is 0 Å². The molecule has 0 saturated heterocycles. The van der Waals surface area contributed by atoms with Crippen molar-refractivity contribution >= 4 is 22.1 Å². The van der Waals surface area contributed by atoms with Crippen LogP contribution in [0.2, 0.25) is 0 Å². The van der Waals surface area contributed by atoms with E-state index in [0.29, 0.717) is 0 Å². The predicted molar refractivity (Wildman–Crippen MR) is 173 cm³/mol. The fourth-order valence-corrected chi connectivity index (χ4v) is 6.21. The Balaban J connectivity index is 1.35. The van der Waals surface area contributed by atoms with Gasteiger partial charge in [-0.1, -0.05) is 140 Å². The molecule has 0 aliphatic rings. The summed E-state index contributed by atoms with van der Waals surface area (Å²) in [6, 6.07) is 56.0. The van der Waals surface area contributed by atoms with E-state index in [0.717, 1.165) is 49.9 Å². The van der Waals surface area contributed by atoms with E-state index in [1.807, 2.05) is 76.3 Å². The Morgan fingerprint density at radius 2 is 0.727 bits per heavy atom. The van der Waals surface area contributed by atoms with Gasteiger partial charge in [-0.05, 0) is 52.1 Å². The van der Waals surface area contributed by atoms with Crippen LogP contribution in [0.1, 0.15) is 33.9 Å². The molecule has 6 heteroatoms. The number of benzene rings is 6. The van der Waals surface area contributed by atoms with E-state index in [-0.39, 0.29) is 6.04 Å². The Morgan fingerprint density at radius 1 is 0.364 bits per heavy atom. The van der Waals surface area contributed by atoms with Gasteiger partial charge in [-0.15, -0.1) is 0 Å². The molecule has 1 atom stereocenters. The summed E-state index contributed by atoms with van der Waals surface area (Å²) in [5.41, 5.74) is 7.99. The minimum Gasteiger partial charge on any atom is -0.172 e. The minimum atomic E-state index is -0.819. The highest BCUT2D eigenvalue weighted by atomic mass is 15.5. The van der Waals surface area contributed by atoms with Gasteiger partial charge in [-0.2, -0.15) is 30.0 Å². The highest BCUT2D eigenvalue weighted by Gasteiger charge is 2.41. The molecule has 210 valence electrons. The summed E-state index contributed by atoms with van der Waals surface area (Å²) >= 11 is 0. The molecule has 1 unspecified atom stereocenters. The number of fused-ring (bicyclic) bond motifs is 2. The Labute approximate surface area is 254 Å². The first-order valence-electron chi connectivity index (χ1n) is 14.7. The van der Waals surface area contributed by atoms with Crippen molar-refractivity contribution in [3.8, 4) is 0 Å². The third-order valence-corrected chi connectivity index (χ3v) is 8.26. The summed E-state index contributed by atoms with van der Waals surface area (Å²) in [7, 11) is 0. The summed E-state index contributed by atoms with van der Waals surface area (Å²) < 4.78 is 0. The zero-order valence-corrected chi connectivity index (χ0v) is 23.8. The zero-order valence-electron chi connectivity index (χ0n) is 23.8. The van der Waals surface area contributed by atoms with Crippen LogP contribution < -0.4 is 0 Å². The van der Waals surface area contributed by atoms with E-state index >= 15 is 0 Å². The van der Waals surface area contributed by atoms with Crippen molar-refractivity contribution in [3.63, 3.8) is 0 Å². The van der Waals surface area contributed by atoms with Crippen molar-refractivity contribution in [2.45, 2.75) is 11.6 Å². The normalized spacial score (nSPS) is 12.5. The topological polar surface area (TPSA) is 61.4 Å². The van der Waals surface area contributed by atoms with Gasteiger partial charge in [-0.3, -0.25) is 0 Å². The molecule has 8 aromatic rings. The van der Waals surface area contributed by atoms with Crippen LogP contribution in [0.15, 0.2) is 164 Å². The van der Waals surface area contributed by atoms with E-state index in [4.69, 9.17) is 20.4 Å². The van der Waals surface area contributed by atoms with Crippen molar-refractivity contribution in [2.75, 3.05) is 0 Å². The summed E-state index contributed by atoms with van der Waals surface area (Å²) in [6.07, 6.45) is 0. The molecule has 0 N–H and O–H groups in total. The maximum absolute atomic E-state index is 5.07. The second-order valence-corrected chi connectivity index (χ2v) is 10.9. The number of hydrogen-bond donors (Lipinski definition) is 0. The summed E-state index contributed by atoms with van der Waals surface area (Å²) in [5.74, 6) is 0. The lowest BCUT2D eigenvalue weighted by Gasteiger charge is -2.35. The van der Waals surface area contributed by atoms with Gasteiger partial charge in [0.05, 0.1) is 0 Å². The van der Waals surface area contributed by atoms with Gasteiger partial charge in [0.1, 0.15) is 28.1 Å². The molecule has 6 nitrogen and oxygen atoms in total. The molecule has 0 aliphatic carbocycles.